The van der Waals surface area contributed by atoms with Gasteiger partial charge in [-0.25, -0.2) is 0 Å². The van der Waals surface area contributed by atoms with Crippen LogP contribution in [0.5, 0.6) is 0 Å². The van der Waals surface area contributed by atoms with Gasteiger partial charge in [-0.3, -0.25) is 9.59 Å². The summed E-state index contributed by atoms with van der Waals surface area (Å²) in [5.41, 5.74) is 7.43. The van der Waals surface area contributed by atoms with Gasteiger partial charge < -0.3 is 15.8 Å². The lowest BCUT2D eigenvalue weighted by molar-refractivity contribution is -0.141. The van der Waals surface area contributed by atoms with Crippen LogP contribution in [0.2, 0.25) is 10.0 Å². The van der Waals surface area contributed by atoms with Gasteiger partial charge in [0.25, 0.3) is 0 Å². The van der Waals surface area contributed by atoms with Gasteiger partial charge >= 0.3 is 5.97 Å². The maximum Gasteiger partial charge on any atom is 0.307 e. The lowest BCUT2D eigenvalue weighted by atomic mass is 10.0. The van der Waals surface area contributed by atoms with E-state index in [1.807, 2.05) is 6.07 Å². The smallest absolute Gasteiger partial charge is 0.307 e. The molecular formula is C19H20Cl2N2O3. The second kappa shape index (κ2) is 9.57. The zero-order valence-electron chi connectivity index (χ0n) is 14.2. The molecule has 0 aromatic heterocycles. The summed E-state index contributed by atoms with van der Waals surface area (Å²) in [6.45, 7) is 0. The number of benzene rings is 2. The first-order valence-corrected chi connectivity index (χ1v) is 8.78. The van der Waals surface area contributed by atoms with Gasteiger partial charge in [-0.1, -0.05) is 59.6 Å². The summed E-state index contributed by atoms with van der Waals surface area (Å²) >= 11 is 12.3. The number of nitrogens with two attached hydrogens (primary N) is 1. The number of methoxy groups -OCH3 is 1. The van der Waals surface area contributed by atoms with Crippen molar-refractivity contribution < 1.29 is 14.3 Å². The standard InChI is InChI=1S/C19H20Cl2N2O3/c1-26-19(25)11-17(13-7-3-5-9-15(13)21)23-18(24)10-16(22)12-6-2-4-8-14(12)20/h2-9,16-17H,10-11,22H2,1H3,(H,23,24). The van der Waals surface area contributed by atoms with Crippen molar-refractivity contribution in [2.45, 2.75) is 24.9 Å². The molecule has 138 valence electrons. The molecule has 2 atom stereocenters. The molecule has 0 spiro atoms. The molecule has 0 bridgehead atoms. The number of amides is 1. The molecule has 2 unspecified atom stereocenters. The number of ether oxygens (including phenoxy) is 1. The maximum absolute atomic E-state index is 12.5. The Morgan fingerprint density at radius 1 is 1.00 bits per heavy atom. The second-order valence-electron chi connectivity index (χ2n) is 5.75. The average molecular weight is 395 g/mol. The first kappa shape index (κ1) is 20.2. The molecule has 3 N–H and O–H groups in total. The molecule has 0 saturated carbocycles. The number of rotatable bonds is 7. The van der Waals surface area contributed by atoms with Gasteiger partial charge in [-0.05, 0) is 23.3 Å². The largest absolute Gasteiger partial charge is 0.469 e. The zero-order valence-corrected chi connectivity index (χ0v) is 15.8. The Morgan fingerprint density at radius 2 is 1.54 bits per heavy atom. The van der Waals surface area contributed by atoms with E-state index in [0.29, 0.717) is 21.2 Å². The predicted molar refractivity (Wildman–Crippen MR) is 102 cm³/mol. The Bertz CT molecular complexity index is 783. The molecule has 26 heavy (non-hydrogen) atoms. The maximum atomic E-state index is 12.5. The van der Waals surface area contributed by atoms with Crippen molar-refractivity contribution >= 4 is 35.1 Å². The average Bonchev–Trinajstić information content (AvgIpc) is 2.61. The molecule has 1 amide bonds. The van der Waals surface area contributed by atoms with Crippen molar-refractivity contribution in [1.82, 2.24) is 5.32 Å². The van der Waals surface area contributed by atoms with Crippen LogP contribution in [0.4, 0.5) is 0 Å². The third-order valence-corrected chi connectivity index (χ3v) is 4.61. The van der Waals surface area contributed by atoms with E-state index in [-0.39, 0.29) is 18.7 Å². The SMILES string of the molecule is COC(=O)CC(NC(=O)CC(N)c1ccccc1Cl)c1ccccc1Cl. The van der Waals surface area contributed by atoms with Gasteiger partial charge in [0.1, 0.15) is 0 Å². The van der Waals surface area contributed by atoms with Gasteiger partial charge in [-0.2, -0.15) is 0 Å². The summed E-state index contributed by atoms with van der Waals surface area (Å²) in [6.07, 6.45) is -0.0147. The van der Waals surface area contributed by atoms with Crippen LogP contribution in [0.15, 0.2) is 48.5 Å². The van der Waals surface area contributed by atoms with Crippen LogP contribution < -0.4 is 11.1 Å². The lowest BCUT2D eigenvalue weighted by Crippen LogP contribution is -2.32. The molecule has 7 heteroatoms. The lowest BCUT2D eigenvalue weighted by Gasteiger charge is -2.21. The Kier molecular flexibility index (Phi) is 7.45. The highest BCUT2D eigenvalue weighted by atomic mass is 35.5. The minimum atomic E-state index is -0.609. The molecule has 0 aliphatic rings. The number of halogens is 2. The van der Waals surface area contributed by atoms with Crippen LogP contribution in [0, 0.1) is 0 Å². The summed E-state index contributed by atoms with van der Waals surface area (Å²) in [5.74, 6) is -0.767. The molecule has 2 aromatic rings. The van der Waals surface area contributed by atoms with E-state index in [1.54, 1.807) is 42.5 Å². The quantitative estimate of drug-likeness (QED) is 0.699. The first-order chi connectivity index (χ1) is 12.4. The van der Waals surface area contributed by atoms with Crippen molar-refractivity contribution in [2.24, 2.45) is 5.73 Å². The number of esters is 1. The summed E-state index contributed by atoms with van der Waals surface area (Å²) < 4.78 is 4.71. The van der Waals surface area contributed by atoms with Gasteiger partial charge in [0.15, 0.2) is 0 Å². The Morgan fingerprint density at radius 3 is 2.08 bits per heavy atom. The van der Waals surface area contributed by atoms with E-state index < -0.39 is 18.1 Å². The van der Waals surface area contributed by atoms with E-state index in [4.69, 9.17) is 33.7 Å². The van der Waals surface area contributed by atoms with Crippen LogP contribution in [-0.4, -0.2) is 19.0 Å². The number of hydrogen-bond acceptors (Lipinski definition) is 4. The van der Waals surface area contributed by atoms with E-state index in [9.17, 15) is 9.59 Å². The molecule has 5 nitrogen and oxygen atoms in total. The summed E-state index contributed by atoms with van der Waals surface area (Å²) in [4.78, 5) is 24.2. The van der Waals surface area contributed by atoms with Crippen LogP contribution in [-0.2, 0) is 14.3 Å². The zero-order chi connectivity index (χ0) is 19.1. The van der Waals surface area contributed by atoms with Crippen molar-refractivity contribution in [3.05, 3.63) is 69.7 Å². The minimum absolute atomic E-state index is 0.0197. The van der Waals surface area contributed by atoms with Crippen molar-refractivity contribution in [3.8, 4) is 0 Å². The van der Waals surface area contributed by atoms with Gasteiger partial charge in [0.2, 0.25) is 5.91 Å². The highest BCUT2D eigenvalue weighted by Gasteiger charge is 2.22. The topological polar surface area (TPSA) is 81.4 Å². The summed E-state index contributed by atoms with van der Waals surface area (Å²) in [7, 11) is 1.29. The number of nitrogens with one attached hydrogen (secondary N) is 1. The highest BCUT2D eigenvalue weighted by Crippen LogP contribution is 2.27. The number of hydrogen-bond donors (Lipinski definition) is 2. The van der Waals surface area contributed by atoms with Gasteiger partial charge in [0, 0.05) is 22.5 Å². The minimum Gasteiger partial charge on any atom is -0.469 e. The van der Waals surface area contributed by atoms with Crippen molar-refractivity contribution in [3.63, 3.8) is 0 Å². The third kappa shape index (κ3) is 5.46. The molecule has 0 radical (unpaired) electrons. The molecule has 2 aromatic carbocycles. The fraction of sp³-hybridized carbons (Fsp3) is 0.263. The summed E-state index contributed by atoms with van der Waals surface area (Å²) in [5, 5.41) is 3.77. The molecule has 2 rings (SSSR count). The van der Waals surface area contributed by atoms with E-state index in [1.165, 1.54) is 7.11 Å². The van der Waals surface area contributed by atoms with Gasteiger partial charge in [-0.15, -0.1) is 0 Å². The van der Waals surface area contributed by atoms with Crippen molar-refractivity contribution in [2.75, 3.05) is 7.11 Å². The molecule has 0 aliphatic heterocycles. The van der Waals surface area contributed by atoms with Crippen LogP contribution in [0.3, 0.4) is 0 Å². The Balaban J connectivity index is 2.12. The predicted octanol–water partition coefficient (Wildman–Crippen LogP) is 3.80. The first-order valence-electron chi connectivity index (χ1n) is 8.03. The molecule has 0 saturated heterocycles. The highest BCUT2D eigenvalue weighted by molar-refractivity contribution is 6.31. The summed E-state index contributed by atoms with van der Waals surface area (Å²) in [6, 6.07) is 12.9. The van der Waals surface area contributed by atoms with Crippen LogP contribution in [0.1, 0.15) is 36.1 Å². The van der Waals surface area contributed by atoms with E-state index in [0.717, 1.165) is 0 Å². The third-order valence-electron chi connectivity index (χ3n) is 3.92. The van der Waals surface area contributed by atoms with E-state index in [2.05, 4.69) is 5.32 Å². The number of carbonyl (C=O) groups is 2. The fourth-order valence-electron chi connectivity index (χ4n) is 2.59. The van der Waals surface area contributed by atoms with Gasteiger partial charge in [0.05, 0.1) is 19.6 Å². The van der Waals surface area contributed by atoms with Crippen molar-refractivity contribution in [1.29, 1.82) is 0 Å². The Labute approximate surface area is 162 Å². The molecule has 0 aliphatic carbocycles. The van der Waals surface area contributed by atoms with E-state index >= 15 is 0 Å². The van der Waals surface area contributed by atoms with Crippen LogP contribution >= 0.6 is 23.2 Å². The monoisotopic (exact) mass is 394 g/mol. The second-order valence-corrected chi connectivity index (χ2v) is 6.57. The van der Waals surface area contributed by atoms with Crippen LogP contribution in [0.25, 0.3) is 0 Å². The molecule has 0 fully saturated rings. The normalized spacial score (nSPS) is 12.9. The fourth-order valence-corrected chi connectivity index (χ4v) is 3.13. The Hall–Kier alpha value is -2.08. The molecular weight excluding hydrogens is 375 g/mol. The molecule has 0 heterocycles. The number of carbonyl (C=O) groups excluding carboxylic acids is 2.